The summed E-state index contributed by atoms with van der Waals surface area (Å²) in [6, 6.07) is 11.7. The van der Waals surface area contributed by atoms with Gasteiger partial charge in [0.25, 0.3) is 0 Å². The zero-order valence-corrected chi connectivity index (χ0v) is 9.88. The first-order valence-electron chi connectivity index (χ1n) is 5.68. The van der Waals surface area contributed by atoms with E-state index in [9.17, 15) is 4.79 Å². The van der Waals surface area contributed by atoms with E-state index in [-0.39, 0.29) is 6.61 Å². The Morgan fingerprint density at radius 1 is 1.22 bits per heavy atom. The Labute approximate surface area is 104 Å². The maximum Gasteiger partial charge on any atom is 0.350 e. The SMILES string of the molecule is COC(=O)C1COc2cc3ccccc3cc2O1. The molecule has 0 saturated heterocycles. The minimum Gasteiger partial charge on any atom is -0.485 e. The molecule has 0 fully saturated rings. The predicted octanol–water partition coefficient (Wildman–Crippen LogP) is 2.15. The number of esters is 1. The number of carbonyl (C=O) groups excluding carboxylic acids is 1. The third kappa shape index (κ3) is 1.76. The molecule has 2 aromatic rings. The summed E-state index contributed by atoms with van der Waals surface area (Å²) in [7, 11) is 1.33. The maximum atomic E-state index is 11.4. The smallest absolute Gasteiger partial charge is 0.350 e. The van der Waals surface area contributed by atoms with E-state index in [2.05, 4.69) is 4.74 Å². The Morgan fingerprint density at radius 3 is 2.56 bits per heavy atom. The molecular formula is C14H12O4. The van der Waals surface area contributed by atoms with Crippen LogP contribution in [0.15, 0.2) is 36.4 Å². The summed E-state index contributed by atoms with van der Waals surface area (Å²) in [6.45, 7) is 0.179. The van der Waals surface area contributed by atoms with Crippen LogP contribution in [0, 0.1) is 0 Å². The van der Waals surface area contributed by atoms with E-state index >= 15 is 0 Å². The molecule has 92 valence electrons. The van der Waals surface area contributed by atoms with Crippen molar-refractivity contribution in [3.05, 3.63) is 36.4 Å². The minimum atomic E-state index is -0.691. The quantitative estimate of drug-likeness (QED) is 0.721. The van der Waals surface area contributed by atoms with Crippen LogP contribution in [0.2, 0.25) is 0 Å². The third-order valence-electron chi connectivity index (χ3n) is 2.94. The van der Waals surface area contributed by atoms with Gasteiger partial charge >= 0.3 is 5.97 Å². The summed E-state index contributed by atoms with van der Waals surface area (Å²) in [5, 5.41) is 2.13. The van der Waals surface area contributed by atoms with Gasteiger partial charge in [0.05, 0.1) is 7.11 Å². The first-order valence-corrected chi connectivity index (χ1v) is 5.68. The number of hydrogen-bond donors (Lipinski definition) is 0. The Kier molecular flexibility index (Phi) is 2.55. The summed E-state index contributed by atoms with van der Waals surface area (Å²) in [6.07, 6.45) is -0.691. The van der Waals surface area contributed by atoms with Gasteiger partial charge in [0.1, 0.15) is 6.61 Å². The summed E-state index contributed by atoms with van der Waals surface area (Å²) in [5.74, 6) is 0.818. The average molecular weight is 244 g/mol. The molecule has 3 rings (SSSR count). The molecule has 0 bridgehead atoms. The van der Waals surface area contributed by atoms with Crippen LogP contribution in [0.5, 0.6) is 11.5 Å². The Morgan fingerprint density at radius 2 is 1.89 bits per heavy atom. The van der Waals surface area contributed by atoms with Gasteiger partial charge in [-0.25, -0.2) is 4.79 Å². The number of methoxy groups -OCH3 is 1. The molecule has 0 spiro atoms. The molecule has 4 nitrogen and oxygen atoms in total. The number of benzene rings is 2. The van der Waals surface area contributed by atoms with E-state index in [1.807, 2.05) is 36.4 Å². The van der Waals surface area contributed by atoms with Crippen molar-refractivity contribution in [2.24, 2.45) is 0 Å². The summed E-state index contributed by atoms with van der Waals surface area (Å²) in [4.78, 5) is 11.4. The van der Waals surface area contributed by atoms with Gasteiger partial charge in [-0.15, -0.1) is 0 Å². The van der Waals surface area contributed by atoms with Crippen LogP contribution >= 0.6 is 0 Å². The van der Waals surface area contributed by atoms with Crippen molar-refractivity contribution in [3.63, 3.8) is 0 Å². The van der Waals surface area contributed by atoms with Crippen molar-refractivity contribution in [1.82, 2.24) is 0 Å². The Bertz CT molecular complexity index is 606. The largest absolute Gasteiger partial charge is 0.485 e. The highest BCUT2D eigenvalue weighted by Crippen LogP contribution is 2.35. The topological polar surface area (TPSA) is 44.8 Å². The van der Waals surface area contributed by atoms with Crippen LogP contribution < -0.4 is 9.47 Å². The fourth-order valence-corrected chi connectivity index (χ4v) is 2.00. The van der Waals surface area contributed by atoms with E-state index in [4.69, 9.17) is 9.47 Å². The fourth-order valence-electron chi connectivity index (χ4n) is 2.00. The van der Waals surface area contributed by atoms with Gasteiger partial charge in [-0.3, -0.25) is 0 Å². The first kappa shape index (κ1) is 10.9. The summed E-state index contributed by atoms with van der Waals surface area (Å²) in [5.41, 5.74) is 0. The average Bonchev–Trinajstić information content (AvgIpc) is 2.43. The predicted molar refractivity (Wildman–Crippen MR) is 65.9 cm³/mol. The highest BCUT2D eigenvalue weighted by Gasteiger charge is 2.28. The van der Waals surface area contributed by atoms with Crippen LogP contribution in [0.25, 0.3) is 10.8 Å². The van der Waals surface area contributed by atoms with Crippen molar-refractivity contribution in [1.29, 1.82) is 0 Å². The monoisotopic (exact) mass is 244 g/mol. The normalized spacial score (nSPS) is 17.5. The van der Waals surface area contributed by atoms with Crippen LogP contribution in [0.3, 0.4) is 0 Å². The molecule has 1 aliphatic rings. The molecule has 0 saturated carbocycles. The van der Waals surface area contributed by atoms with Gasteiger partial charge in [-0.05, 0) is 22.9 Å². The lowest BCUT2D eigenvalue weighted by atomic mass is 10.1. The number of rotatable bonds is 1. The van der Waals surface area contributed by atoms with Gasteiger partial charge in [-0.2, -0.15) is 0 Å². The molecule has 0 amide bonds. The van der Waals surface area contributed by atoms with Crippen LogP contribution in [-0.2, 0) is 9.53 Å². The van der Waals surface area contributed by atoms with Crippen LogP contribution in [0.4, 0.5) is 0 Å². The molecule has 1 aliphatic heterocycles. The number of hydrogen-bond acceptors (Lipinski definition) is 4. The van der Waals surface area contributed by atoms with Crippen LogP contribution in [-0.4, -0.2) is 25.8 Å². The molecular weight excluding hydrogens is 232 g/mol. The summed E-state index contributed by atoms with van der Waals surface area (Å²) >= 11 is 0. The van der Waals surface area contributed by atoms with E-state index in [1.165, 1.54) is 7.11 Å². The van der Waals surface area contributed by atoms with E-state index in [0.717, 1.165) is 10.8 Å². The minimum absolute atomic E-state index is 0.179. The zero-order valence-electron chi connectivity index (χ0n) is 9.88. The first-order chi connectivity index (χ1) is 8.78. The van der Waals surface area contributed by atoms with Crippen molar-refractivity contribution in [2.75, 3.05) is 13.7 Å². The Hall–Kier alpha value is -2.23. The second-order valence-corrected chi connectivity index (χ2v) is 4.09. The van der Waals surface area contributed by atoms with Crippen molar-refractivity contribution >= 4 is 16.7 Å². The number of carbonyl (C=O) groups is 1. The molecule has 0 aromatic heterocycles. The standard InChI is InChI=1S/C14H12O4/c1-16-14(15)13-8-17-11-6-9-4-2-3-5-10(9)7-12(11)18-13/h2-7,13H,8H2,1H3. The lowest BCUT2D eigenvalue weighted by Gasteiger charge is -2.25. The van der Waals surface area contributed by atoms with Crippen LogP contribution in [0.1, 0.15) is 0 Å². The number of fused-ring (bicyclic) bond motifs is 2. The molecule has 1 atom stereocenters. The highest BCUT2D eigenvalue weighted by atomic mass is 16.6. The molecule has 0 aliphatic carbocycles. The van der Waals surface area contributed by atoms with E-state index < -0.39 is 12.1 Å². The molecule has 2 aromatic carbocycles. The Balaban J connectivity index is 2.00. The lowest BCUT2D eigenvalue weighted by molar-refractivity contribution is -0.151. The maximum absolute atomic E-state index is 11.4. The van der Waals surface area contributed by atoms with Crippen molar-refractivity contribution in [3.8, 4) is 11.5 Å². The lowest BCUT2D eigenvalue weighted by Crippen LogP contribution is -2.37. The highest BCUT2D eigenvalue weighted by molar-refractivity contribution is 5.86. The van der Waals surface area contributed by atoms with Crippen molar-refractivity contribution in [2.45, 2.75) is 6.10 Å². The van der Waals surface area contributed by atoms with Crippen molar-refractivity contribution < 1.29 is 19.0 Å². The van der Waals surface area contributed by atoms with Gasteiger partial charge < -0.3 is 14.2 Å². The molecule has 0 radical (unpaired) electrons. The molecule has 18 heavy (non-hydrogen) atoms. The van der Waals surface area contributed by atoms with E-state index in [0.29, 0.717) is 11.5 Å². The third-order valence-corrected chi connectivity index (χ3v) is 2.94. The number of ether oxygens (including phenoxy) is 3. The zero-order chi connectivity index (χ0) is 12.5. The fraction of sp³-hybridized carbons (Fsp3) is 0.214. The molecule has 4 heteroatoms. The second kappa shape index (κ2) is 4.22. The molecule has 1 unspecified atom stereocenters. The summed E-state index contributed by atoms with van der Waals surface area (Å²) < 4.78 is 15.8. The van der Waals surface area contributed by atoms with Gasteiger partial charge in [-0.1, -0.05) is 24.3 Å². The van der Waals surface area contributed by atoms with Gasteiger partial charge in [0, 0.05) is 0 Å². The van der Waals surface area contributed by atoms with Gasteiger partial charge in [0.15, 0.2) is 11.5 Å². The second-order valence-electron chi connectivity index (χ2n) is 4.09. The van der Waals surface area contributed by atoms with Gasteiger partial charge in [0.2, 0.25) is 6.10 Å². The van der Waals surface area contributed by atoms with E-state index in [1.54, 1.807) is 0 Å². The molecule has 1 heterocycles. The molecule has 0 N–H and O–H groups in total.